The van der Waals surface area contributed by atoms with Crippen LogP contribution < -0.4 is 15.1 Å². The van der Waals surface area contributed by atoms with Crippen molar-refractivity contribution in [3.63, 3.8) is 0 Å². The molecular weight excluding hydrogens is 340 g/mol. The molecule has 0 amide bonds. The first-order chi connectivity index (χ1) is 13.3. The molecule has 2 aliphatic rings. The zero-order valence-electron chi connectivity index (χ0n) is 16.2. The third-order valence-corrected chi connectivity index (χ3v) is 5.50. The molecule has 27 heavy (non-hydrogen) atoms. The molecule has 4 rings (SSSR count). The van der Waals surface area contributed by atoms with Crippen LogP contribution in [0.2, 0.25) is 0 Å². The van der Waals surface area contributed by atoms with Crippen LogP contribution in [0.3, 0.4) is 0 Å². The van der Waals surface area contributed by atoms with Crippen LogP contribution in [0.1, 0.15) is 37.8 Å². The van der Waals surface area contributed by atoms with Gasteiger partial charge in [0, 0.05) is 50.5 Å². The van der Waals surface area contributed by atoms with Gasteiger partial charge in [-0.3, -0.25) is 4.68 Å². The van der Waals surface area contributed by atoms with Crippen molar-refractivity contribution in [3.05, 3.63) is 24.4 Å². The minimum absolute atomic E-state index is 0.595. The highest BCUT2D eigenvalue weighted by molar-refractivity contribution is 5.46. The molecule has 0 aliphatic carbocycles. The smallest absolute Gasteiger partial charge is 0.227 e. The summed E-state index contributed by atoms with van der Waals surface area (Å²) >= 11 is 0. The standard InChI is InChI=1S/C19H30N8/c1-16-13-18(24-19(23-16)26-8-2-3-9-26)25-11-5-17(6-12-25)21-7-4-10-27-15-20-14-22-27/h13-15,17,21H,2-12H2,1H3. The quantitative estimate of drug-likeness (QED) is 0.742. The zero-order chi connectivity index (χ0) is 18.5. The van der Waals surface area contributed by atoms with Crippen LogP contribution in [0.4, 0.5) is 11.8 Å². The van der Waals surface area contributed by atoms with Gasteiger partial charge in [-0.15, -0.1) is 0 Å². The highest BCUT2D eigenvalue weighted by Gasteiger charge is 2.22. The van der Waals surface area contributed by atoms with Gasteiger partial charge in [0.15, 0.2) is 0 Å². The molecule has 0 atom stereocenters. The SMILES string of the molecule is Cc1cc(N2CCC(NCCCn3cncn3)CC2)nc(N2CCCC2)n1. The Morgan fingerprint density at radius 3 is 2.63 bits per heavy atom. The summed E-state index contributed by atoms with van der Waals surface area (Å²) in [5.41, 5.74) is 1.07. The van der Waals surface area contributed by atoms with Crippen LogP contribution >= 0.6 is 0 Å². The van der Waals surface area contributed by atoms with Crippen LogP contribution in [0.15, 0.2) is 18.7 Å². The summed E-state index contributed by atoms with van der Waals surface area (Å²) in [4.78, 5) is 18.2. The predicted molar refractivity (Wildman–Crippen MR) is 106 cm³/mol. The number of aryl methyl sites for hydroxylation is 2. The maximum Gasteiger partial charge on any atom is 0.227 e. The Bertz CT molecular complexity index is 703. The van der Waals surface area contributed by atoms with Gasteiger partial charge in [-0.1, -0.05) is 0 Å². The topological polar surface area (TPSA) is 75.0 Å². The van der Waals surface area contributed by atoms with Gasteiger partial charge >= 0.3 is 0 Å². The number of nitrogens with zero attached hydrogens (tertiary/aromatic N) is 7. The fraction of sp³-hybridized carbons (Fsp3) is 0.684. The molecule has 0 aromatic carbocycles. The van der Waals surface area contributed by atoms with Crippen molar-refractivity contribution in [1.29, 1.82) is 0 Å². The Kier molecular flexibility index (Phi) is 5.81. The average Bonchev–Trinajstić information content (AvgIpc) is 3.39. The Morgan fingerprint density at radius 1 is 1.07 bits per heavy atom. The monoisotopic (exact) mass is 370 g/mol. The number of hydrogen-bond acceptors (Lipinski definition) is 7. The van der Waals surface area contributed by atoms with E-state index in [2.05, 4.69) is 43.2 Å². The summed E-state index contributed by atoms with van der Waals surface area (Å²) in [6.07, 6.45) is 9.26. The largest absolute Gasteiger partial charge is 0.356 e. The molecular formula is C19H30N8. The van der Waals surface area contributed by atoms with Gasteiger partial charge in [0.05, 0.1) is 0 Å². The Hall–Kier alpha value is -2.22. The van der Waals surface area contributed by atoms with E-state index in [0.717, 1.165) is 76.0 Å². The second kappa shape index (κ2) is 8.65. The molecule has 8 nitrogen and oxygen atoms in total. The first-order valence-electron chi connectivity index (χ1n) is 10.2. The van der Waals surface area contributed by atoms with E-state index in [4.69, 9.17) is 4.98 Å². The van der Waals surface area contributed by atoms with Crippen molar-refractivity contribution in [2.75, 3.05) is 42.5 Å². The summed E-state index contributed by atoms with van der Waals surface area (Å²) < 4.78 is 1.89. The highest BCUT2D eigenvalue weighted by atomic mass is 15.3. The lowest BCUT2D eigenvalue weighted by Crippen LogP contribution is -2.43. The minimum atomic E-state index is 0.595. The van der Waals surface area contributed by atoms with Gasteiger partial charge in [-0.05, 0) is 45.6 Å². The Morgan fingerprint density at radius 2 is 1.89 bits per heavy atom. The van der Waals surface area contributed by atoms with Crippen molar-refractivity contribution >= 4 is 11.8 Å². The van der Waals surface area contributed by atoms with Crippen molar-refractivity contribution in [3.8, 4) is 0 Å². The molecule has 0 radical (unpaired) electrons. The molecule has 2 aromatic rings. The van der Waals surface area contributed by atoms with Gasteiger partial charge in [0.1, 0.15) is 18.5 Å². The van der Waals surface area contributed by atoms with Crippen molar-refractivity contribution in [1.82, 2.24) is 30.0 Å². The lowest BCUT2D eigenvalue weighted by molar-refractivity contribution is 0.403. The molecule has 2 fully saturated rings. The molecule has 2 aliphatic heterocycles. The fourth-order valence-electron chi connectivity index (χ4n) is 3.97. The lowest BCUT2D eigenvalue weighted by atomic mass is 10.0. The molecule has 8 heteroatoms. The van der Waals surface area contributed by atoms with Gasteiger partial charge < -0.3 is 15.1 Å². The van der Waals surface area contributed by atoms with E-state index in [0.29, 0.717) is 6.04 Å². The molecule has 0 bridgehead atoms. The average molecular weight is 371 g/mol. The summed E-state index contributed by atoms with van der Waals surface area (Å²) in [7, 11) is 0. The number of hydrogen-bond donors (Lipinski definition) is 1. The first kappa shape index (κ1) is 18.2. The van der Waals surface area contributed by atoms with E-state index in [9.17, 15) is 0 Å². The van der Waals surface area contributed by atoms with Gasteiger partial charge in [0.25, 0.3) is 0 Å². The van der Waals surface area contributed by atoms with Crippen LogP contribution in [-0.4, -0.2) is 63.5 Å². The van der Waals surface area contributed by atoms with E-state index < -0.39 is 0 Å². The summed E-state index contributed by atoms with van der Waals surface area (Å²) in [5.74, 6) is 2.00. The van der Waals surface area contributed by atoms with Crippen LogP contribution in [0.5, 0.6) is 0 Å². The fourth-order valence-corrected chi connectivity index (χ4v) is 3.97. The van der Waals surface area contributed by atoms with E-state index in [1.54, 1.807) is 12.7 Å². The molecule has 2 saturated heterocycles. The van der Waals surface area contributed by atoms with Crippen molar-refractivity contribution < 1.29 is 0 Å². The first-order valence-corrected chi connectivity index (χ1v) is 10.2. The Balaban J connectivity index is 1.25. The number of anilines is 2. The number of nitrogens with one attached hydrogen (secondary N) is 1. The third-order valence-electron chi connectivity index (χ3n) is 5.50. The van der Waals surface area contributed by atoms with E-state index in [1.807, 2.05) is 4.68 Å². The van der Waals surface area contributed by atoms with Crippen molar-refractivity contribution in [2.24, 2.45) is 0 Å². The lowest BCUT2D eigenvalue weighted by Gasteiger charge is -2.33. The predicted octanol–water partition coefficient (Wildman–Crippen LogP) is 1.63. The third kappa shape index (κ3) is 4.74. The molecule has 1 N–H and O–H groups in total. The highest BCUT2D eigenvalue weighted by Crippen LogP contribution is 2.23. The van der Waals surface area contributed by atoms with Gasteiger partial charge in [-0.25, -0.2) is 9.97 Å². The zero-order valence-corrected chi connectivity index (χ0v) is 16.2. The number of piperidine rings is 1. The van der Waals surface area contributed by atoms with E-state index in [-0.39, 0.29) is 0 Å². The molecule has 0 spiro atoms. The van der Waals surface area contributed by atoms with Crippen LogP contribution in [-0.2, 0) is 6.54 Å². The van der Waals surface area contributed by atoms with Gasteiger partial charge in [0.2, 0.25) is 5.95 Å². The molecule has 146 valence electrons. The molecule has 0 saturated carbocycles. The summed E-state index contributed by atoms with van der Waals surface area (Å²) in [6.45, 7) is 8.30. The maximum atomic E-state index is 4.87. The Labute approximate surface area is 161 Å². The molecule has 4 heterocycles. The van der Waals surface area contributed by atoms with Crippen molar-refractivity contribution in [2.45, 2.75) is 51.6 Å². The number of aromatic nitrogens is 5. The second-order valence-corrected chi connectivity index (χ2v) is 7.59. The van der Waals surface area contributed by atoms with E-state index >= 15 is 0 Å². The normalized spacial score (nSPS) is 18.4. The summed E-state index contributed by atoms with van der Waals surface area (Å²) in [6, 6.07) is 2.73. The maximum absolute atomic E-state index is 4.87. The van der Waals surface area contributed by atoms with Crippen LogP contribution in [0.25, 0.3) is 0 Å². The van der Waals surface area contributed by atoms with Gasteiger partial charge in [-0.2, -0.15) is 10.1 Å². The second-order valence-electron chi connectivity index (χ2n) is 7.59. The number of rotatable bonds is 7. The van der Waals surface area contributed by atoms with Crippen LogP contribution in [0, 0.1) is 6.92 Å². The summed E-state index contributed by atoms with van der Waals surface area (Å²) in [5, 5.41) is 7.84. The van der Waals surface area contributed by atoms with E-state index in [1.165, 1.54) is 12.8 Å². The minimum Gasteiger partial charge on any atom is -0.356 e. The molecule has 2 aromatic heterocycles. The molecule has 0 unspecified atom stereocenters.